The molecule has 3 fully saturated rings. The number of likely N-dealkylation sites (tertiary alicyclic amines) is 3. The van der Waals surface area contributed by atoms with E-state index < -0.39 is 0 Å². The number of benzene rings is 1. The first-order chi connectivity index (χ1) is 14.1. The molecule has 0 aromatic heterocycles. The van der Waals surface area contributed by atoms with Crippen LogP contribution in [0.4, 0.5) is 10.5 Å². The van der Waals surface area contributed by atoms with Crippen LogP contribution in [0, 0.1) is 12.8 Å². The molecule has 3 amide bonds. The molecule has 1 aromatic carbocycles. The Hall–Kier alpha value is -2.08. The van der Waals surface area contributed by atoms with E-state index in [4.69, 9.17) is 0 Å². The summed E-state index contributed by atoms with van der Waals surface area (Å²) in [5.41, 5.74) is 2.04. The minimum absolute atomic E-state index is 0.00645. The van der Waals surface area contributed by atoms with E-state index in [0.717, 1.165) is 83.5 Å². The Morgan fingerprint density at radius 3 is 2.24 bits per heavy atom. The summed E-state index contributed by atoms with van der Waals surface area (Å²) in [5, 5.41) is 3.01. The number of carbonyl (C=O) groups is 2. The summed E-state index contributed by atoms with van der Waals surface area (Å²) in [6, 6.07) is 8.41. The third-order valence-electron chi connectivity index (χ3n) is 6.79. The molecule has 0 radical (unpaired) electrons. The van der Waals surface area contributed by atoms with E-state index in [1.54, 1.807) is 0 Å². The van der Waals surface area contributed by atoms with Crippen LogP contribution in [0.25, 0.3) is 0 Å². The van der Waals surface area contributed by atoms with Crippen molar-refractivity contribution in [1.82, 2.24) is 14.7 Å². The first kappa shape index (κ1) is 20.2. The summed E-state index contributed by atoms with van der Waals surface area (Å²) in [4.78, 5) is 31.9. The van der Waals surface area contributed by atoms with Gasteiger partial charge in [-0.25, -0.2) is 4.79 Å². The van der Waals surface area contributed by atoms with Gasteiger partial charge in [-0.05, 0) is 64.1 Å². The fourth-order valence-electron chi connectivity index (χ4n) is 5.01. The molecule has 29 heavy (non-hydrogen) atoms. The molecule has 0 bridgehead atoms. The molecule has 158 valence electrons. The standard InChI is InChI=1S/C23H34N4O2/c1-18-6-8-20(9-7-18)24-23(29)26-15-10-21(11-16-26)27-14-4-5-19(17-27)22(28)25-12-2-3-13-25/h6-9,19,21H,2-5,10-17H2,1H3,(H,24,29)/t19-/m0/s1. The summed E-state index contributed by atoms with van der Waals surface area (Å²) >= 11 is 0. The van der Waals surface area contributed by atoms with Crippen LogP contribution in [0.15, 0.2) is 24.3 Å². The first-order valence-electron chi connectivity index (χ1n) is 11.3. The molecule has 3 aliphatic heterocycles. The van der Waals surface area contributed by atoms with Gasteiger partial charge in [-0.1, -0.05) is 17.7 Å². The van der Waals surface area contributed by atoms with Crippen LogP contribution < -0.4 is 5.32 Å². The van der Waals surface area contributed by atoms with Crippen molar-refractivity contribution in [3.63, 3.8) is 0 Å². The Kier molecular flexibility index (Phi) is 6.38. The topological polar surface area (TPSA) is 55.9 Å². The lowest BCUT2D eigenvalue weighted by Gasteiger charge is -2.42. The van der Waals surface area contributed by atoms with Crippen molar-refractivity contribution in [3.8, 4) is 0 Å². The maximum absolute atomic E-state index is 12.8. The van der Waals surface area contributed by atoms with Crippen LogP contribution in [0.2, 0.25) is 0 Å². The van der Waals surface area contributed by atoms with Crippen LogP contribution in [0.3, 0.4) is 0 Å². The highest BCUT2D eigenvalue weighted by Crippen LogP contribution is 2.26. The maximum Gasteiger partial charge on any atom is 0.321 e. The van der Waals surface area contributed by atoms with Crippen LogP contribution in [0.5, 0.6) is 0 Å². The quantitative estimate of drug-likeness (QED) is 0.850. The maximum atomic E-state index is 12.8. The van der Waals surface area contributed by atoms with Gasteiger partial charge in [0.25, 0.3) is 0 Å². The number of nitrogens with one attached hydrogen (secondary N) is 1. The van der Waals surface area contributed by atoms with Crippen LogP contribution in [-0.2, 0) is 4.79 Å². The van der Waals surface area contributed by atoms with Gasteiger partial charge in [0.15, 0.2) is 0 Å². The summed E-state index contributed by atoms with van der Waals surface area (Å²) in [6.45, 7) is 7.49. The number of carbonyl (C=O) groups excluding carboxylic acids is 2. The van der Waals surface area contributed by atoms with Gasteiger partial charge in [-0.15, -0.1) is 0 Å². The van der Waals surface area contributed by atoms with E-state index >= 15 is 0 Å². The second kappa shape index (κ2) is 9.16. The molecule has 4 rings (SSSR count). The molecular formula is C23H34N4O2. The van der Waals surface area contributed by atoms with E-state index in [-0.39, 0.29) is 11.9 Å². The van der Waals surface area contributed by atoms with Gasteiger partial charge in [-0.3, -0.25) is 9.69 Å². The Balaban J connectivity index is 1.26. The van der Waals surface area contributed by atoms with E-state index in [1.807, 2.05) is 36.1 Å². The van der Waals surface area contributed by atoms with Crippen molar-refractivity contribution in [2.45, 2.75) is 51.5 Å². The average Bonchev–Trinajstić information content (AvgIpc) is 3.30. The molecule has 6 heteroatoms. The van der Waals surface area contributed by atoms with E-state index in [0.29, 0.717) is 11.9 Å². The van der Waals surface area contributed by atoms with Crippen molar-refractivity contribution < 1.29 is 9.59 Å². The molecule has 6 nitrogen and oxygen atoms in total. The van der Waals surface area contributed by atoms with E-state index in [1.165, 1.54) is 5.56 Å². The average molecular weight is 399 g/mol. The molecule has 1 aromatic rings. The van der Waals surface area contributed by atoms with Crippen LogP contribution in [0.1, 0.15) is 44.1 Å². The molecule has 1 N–H and O–H groups in total. The number of urea groups is 1. The Bertz CT molecular complexity index is 706. The van der Waals surface area contributed by atoms with E-state index in [9.17, 15) is 9.59 Å². The highest BCUT2D eigenvalue weighted by atomic mass is 16.2. The highest BCUT2D eigenvalue weighted by Gasteiger charge is 2.34. The fraction of sp³-hybridized carbons (Fsp3) is 0.652. The van der Waals surface area contributed by atoms with E-state index in [2.05, 4.69) is 15.1 Å². The Morgan fingerprint density at radius 2 is 1.55 bits per heavy atom. The molecular weight excluding hydrogens is 364 g/mol. The summed E-state index contributed by atoms with van der Waals surface area (Å²) in [5.74, 6) is 0.548. The number of rotatable bonds is 3. The Morgan fingerprint density at radius 1 is 0.862 bits per heavy atom. The number of hydrogen-bond donors (Lipinski definition) is 1. The lowest BCUT2D eigenvalue weighted by molar-refractivity contribution is -0.136. The fourth-order valence-corrected chi connectivity index (χ4v) is 5.01. The summed E-state index contributed by atoms with van der Waals surface area (Å²) < 4.78 is 0. The predicted molar refractivity (Wildman–Crippen MR) is 115 cm³/mol. The Labute approximate surface area is 174 Å². The largest absolute Gasteiger partial charge is 0.342 e. The number of anilines is 1. The lowest BCUT2D eigenvalue weighted by Crippen LogP contribution is -2.52. The third-order valence-corrected chi connectivity index (χ3v) is 6.79. The molecule has 0 unspecified atom stereocenters. The highest BCUT2D eigenvalue weighted by molar-refractivity contribution is 5.89. The smallest absolute Gasteiger partial charge is 0.321 e. The zero-order valence-electron chi connectivity index (χ0n) is 17.6. The summed E-state index contributed by atoms with van der Waals surface area (Å²) in [6.07, 6.45) is 6.44. The zero-order valence-corrected chi connectivity index (χ0v) is 17.6. The number of amides is 3. The second-order valence-electron chi connectivity index (χ2n) is 8.88. The summed E-state index contributed by atoms with van der Waals surface area (Å²) in [7, 11) is 0. The zero-order chi connectivity index (χ0) is 20.2. The van der Waals surface area contributed by atoms with Gasteiger partial charge in [0.1, 0.15) is 0 Å². The number of nitrogens with zero attached hydrogens (tertiary/aromatic N) is 3. The monoisotopic (exact) mass is 398 g/mol. The molecule has 0 spiro atoms. The van der Waals surface area contributed by atoms with Crippen LogP contribution in [-0.4, -0.2) is 71.9 Å². The van der Waals surface area contributed by atoms with Gasteiger partial charge < -0.3 is 15.1 Å². The van der Waals surface area contributed by atoms with Crippen molar-refractivity contribution in [3.05, 3.63) is 29.8 Å². The molecule has 1 atom stereocenters. The van der Waals surface area contributed by atoms with Crippen molar-refractivity contribution in [2.75, 3.05) is 44.6 Å². The number of hydrogen-bond acceptors (Lipinski definition) is 3. The van der Waals surface area contributed by atoms with Crippen molar-refractivity contribution in [1.29, 1.82) is 0 Å². The second-order valence-corrected chi connectivity index (χ2v) is 8.88. The lowest BCUT2D eigenvalue weighted by atomic mass is 9.93. The predicted octanol–water partition coefficient (Wildman–Crippen LogP) is 3.33. The van der Waals surface area contributed by atoms with Gasteiger partial charge in [0.2, 0.25) is 5.91 Å². The molecule has 0 aliphatic carbocycles. The molecule has 3 saturated heterocycles. The first-order valence-corrected chi connectivity index (χ1v) is 11.3. The van der Waals surface area contributed by atoms with Gasteiger partial charge in [0.05, 0.1) is 5.92 Å². The molecule has 3 aliphatic rings. The van der Waals surface area contributed by atoms with Gasteiger partial charge in [-0.2, -0.15) is 0 Å². The SMILES string of the molecule is Cc1ccc(NC(=O)N2CCC(N3CCC[C@H](C(=O)N4CCCC4)C3)CC2)cc1. The molecule has 0 saturated carbocycles. The minimum Gasteiger partial charge on any atom is -0.342 e. The van der Waals surface area contributed by atoms with Gasteiger partial charge >= 0.3 is 6.03 Å². The third kappa shape index (κ3) is 4.92. The van der Waals surface area contributed by atoms with Crippen molar-refractivity contribution in [2.24, 2.45) is 5.92 Å². The van der Waals surface area contributed by atoms with Crippen molar-refractivity contribution >= 4 is 17.6 Å². The van der Waals surface area contributed by atoms with Crippen LogP contribution >= 0.6 is 0 Å². The normalized spacial score (nSPS) is 24.0. The number of aryl methyl sites for hydroxylation is 1. The minimum atomic E-state index is -0.00645. The molecule has 3 heterocycles. The number of piperidine rings is 2. The van der Waals surface area contributed by atoms with Gasteiger partial charge in [0, 0.05) is 44.5 Å².